The third-order valence-electron chi connectivity index (χ3n) is 5.76. The van der Waals surface area contributed by atoms with E-state index in [-0.39, 0.29) is 11.8 Å². The first-order valence-corrected chi connectivity index (χ1v) is 9.65. The molecule has 2 fully saturated rings. The van der Waals surface area contributed by atoms with E-state index in [1.165, 1.54) is 0 Å². The summed E-state index contributed by atoms with van der Waals surface area (Å²) in [6.45, 7) is 4.99. The summed E-state index contributed by atoms with van der Waals surface area (Å²) in [5.74, 6) is 0.682. The molecule has 0 unspecified atom stereocenters. The minimum atomic E-state index is 0.0365. The van der Waals surface area contributed by atoms with Crippen molar-refractivity contribution in [1.82, 2.24) is 29.3 Å². The Morgan fingerprint density at radius 2 is 1.78 bits per heavy atom. The summed E-state index contributed by atoms with van der Waals surface area (Å²) in [4.78, 5) is 31.4. The van der Waals surface area contributed by atoms with Crippen molar-refractivity contribution in [1.29, 1.82) is 0 Å². The van der Waals surface area contributed by atoms with Crippen LogP contribution in [0.25, 0.3) is 5.65 Å². The van der Waals surface area contributed by atoms with E-state index in [1.54, 1.807) is 23.0 Å². The van der Waals surface area contributed by atoms with E-state index in [0.29, 0.717) is 31.0 Å². The molecule has 0 spiro atoms. The minimum absolute atomic E-state index is 0.0365. The van der Waals surface area contributed by atoms with Gasteiger partial charge in [0.15, 0.2) is 5.65 Å². The molecular weight excluding hydrogens is 344 g/mol. The maximum atomic E-state index is 12.8. The third-order valence-corrected chi connectivity index (χ3v) is 5.76. The van der Waals surface area contributed by atoms with Gasteiger partial charge in [-0.25, -0.2) is 0 Å². The molecule has 2 aliphatic rings. The van der Waals surface area contributed by atoms with E-state index in [2.05, 4.69) is 22.1 Å². The first kappa shape index (κ1) is 17.9. The summed E-state index contributed by atoms with van der Waals surface area (Å²) in [6, 6.07) is 3.61. The Morgan fingerprint density at radius 3 is 2.52 bits per heavy atom. The maximum Gasteiger partial charge on any atom is 0.255 e. The largest absolute Gasteiger partial charge is 0.340 e. The summed E-state index contributed by atoms with van der Waals surface area (Å²) in [7, 11) is 2.09. The molecule has 0 atom stereocenters. The van der Waals surface area contributed by atoms with E-state index in [0.717, 1.165) is 44.7 Å². The van der Waals surface area contributed by atoms with Crippen molar-refractivity contribution in [3.63, 3.8) is 0 Å². The van der Waals surface area contributed by atoms with Crippen LogP contribution in [-0.2, 0) is 4.79 Å². The normalized spacial score (nSPS) is 19.6. The zero-order valence-electron chi connectivity index (χ0n) is 15.8. The van der Waals surface area contributed by atoms with Crippen LogP contribution in [0, 0.1) is 5.92 Å². The van der Waals surface area contributed by atoms with Crippen molar-refractivity contribution < 1.29 is 9.59 Å². The predicted molar refractivity (Wildman–Crippen MR) is 100 cm³/mol. The van der Waals surface area contributed by atoms with Gasteiger partial charge in [0.2, 0.25) is 5.91 Å². The fourth-order valence-corrected chi connectivity index (χ4v) is 3.91. The summed E-state index contributed by atoms with van der Waals surface area (Å²) in [5.41, 5.74) is 1.38. The fraction of sp³-hybridized carbons (Fsp3) is 0.579. The molecule has 0 saturated carbocycles. The number of nitrogens with zero attached hydrogens (tertiary/aromatic N) is 6. The highest BCUT2D eigenvalue weighted by Crippen LogP contribution is 2.23. The number of amides is 2. The smallest absolute Gasteiger partial charge is 0.255 e. The van der Waals surface area contributed by atoms with E-state index in [4.69, 9.17) is 0 Å². The molecule has 4 heterocycles. The average molecular weight is 370 g/mol. The molecule has 2 saturated heterocycles. The average Bonchev–Trinajstić information content (AvgIpc) is 3.16. The molecule has 0 N–H and O–H groups in total. The Hall–Kier alpha value is -2.48. The molecule has 4 rings (SSSR count). The summed E-state index contributed by atoms with van der Waals surface area (Å²) in [5, 5.41) is 7.81. The number of likely N-dealkylation sites (tertiary alicyclic amines) is 1. The molecule has 2 aromatic rings. The van der Waals surface area contributed by atoms with Crippen molar-refractivity contribution in [3.05, 3.63) is 30.2 Å². The first-order chi connectivity index (χ1) is 13.1. The molecule has 2 amide bonds. The van der Waals surface area contributed by atoms with Gasteiger partial charge in [0.25, 0.3) is 5.91 Å². The number of rotatable bonds is 3. The topological polar surface area (TPSA) is 74.0 Å². The lowest BCUT2D eigenvalue weighted by atomic mass is 9.92. The molecule has 0 aliphatic carbocycles. The molecule has 144 valence electrons. The Bertz CT molecular complexity index is 818. The highest BCUT2D eigenvalue weighted by atomic mass is 16.2. The molecule has 8 nitrogen and oxygen atoms in total. The number of hydrogen-bond acceptors (Lipinski definition) is 5. The van der Waals surface area contributed by atoms with Crippen LogP contribution in [0.2, 0.25) is 0 Å². The number of aromatic nitrogens is 3. The summed E-state index contributed by atoms with van der Waals surface area (Å²) in [6.07, 6.45) is 5.77. The highest BCUT2D eigenvalue weighted by Gasteiger charge is 2.27. The molecule has 27 heavy (non-hydrogen) atoms. The molecule has 0 radical (unpaired) electrons. The van der Waals surface area contributed by atoms with Crippen LogP contribution in [0.3, 0.4) is 0 Å². The van der Waals surface area contributed by atoms with E-state index in [1.807, 2.05) is 15.9 Å². The predicted octanol–water partition coefficient (Wildman–Crippen LogP) is 0.746. The van der Waals surface area contributed by atoms with Gasteiger partial charge in [-0.05, 0) is 37.9 Å². The minimum Gasteiger partial charge on any atom is -0.340 e. The molecular formula is C19H26N6O2. The van der Waals surface area contributed by atoms with Gasteiger partial charge in [0.05, 0.1) is 5.56 Å². The van der Waals surface area contributed by atoms with Gasteiger partial charge in [-0.3, -0.25) is 14.0 Å². The van der Waals surface area contributed by atoms with Crippen molar-refractivity contribution in [2.24, 2.45) is 5.92 Å². The van der Waals surface area contributed by atoms with E-state index < -0.39 is 0 Å². The molecule has 0 bridgehead atoms. The Kier molecular flexibility index (Phi) is 5.07. The molecule has 2 aliphatic heterocycles. The van der Waals surface area contributed by atoms with E-state index >= 15 is 0 Å². The quantitative estimate of drug-likeness (QED) is 0.797. The van der Waals surface area contributed by atoms with Crippen LogP contribution in [0.5, 0.6) is 0 Å². The number of hydrogen-bond donors (Lipinski definition) is 0. The number of likely N-dealkylation sites (N-methyl/N-ethyl adjacent to an activating group) is 1. The lowest BCUT2D eigenvalue weighted by Crippen LogP contribution is -2.48. The standard InChI is InChI=1S/C19H26N6O2/c1-22-8-10-23(11-9-22)18(26)12-15-4-6-24(7-5-15)19(27)16-2-3-17-21-20-14-25(17)13-16/h2-3,13-15H,4-12H2,1H3. The van der Waals surface area contributed by atoms with Crippen LogP contribution >= 0.6 is 0 Å². The van der Waals surface area contributed by atoms with Crippen LogP contribution in [-0.4, -0.2) is 87.4 Å². The molecule has 2 aromatic heterocycles. The van der Waals surface area contributed by atoms with Gasteiger partial charge < -0.3 is 14.7 Å². The number of piperazine rings is 1. The fourth-order valence-electron chi connectivity index (χ4n) is 3.91. The Balaban J connectivity index is 1.29. The lowest BCUT2D eigenvalue weighted by Gasteiger charge is -2.35. The highest BCUT2D eigenvalue weighted by molar-refractivity contribution is 5.94. The van der Waals surface area contributed by atoms with Crippen molar-refractivity contribution >= 4 is 17.5 Å². The number of fused-ring (bicyclic) bond motifs is 1. The van der Waals surface area contributed by atoms with Gasteiger partial charge in [0, 0.05) is 51.9 Å². The first-order valence-electron chi connectivity index (χ1n) is 9.65. The second-order valence-electron chi connectivity index (χ2n) is 7.64. The lowest BCUT2D eigenvalue weighted by molar-refractivity contribution is -0.134. The third kappa shape index (κ3) is 3.95. The van der Waals surface area contributed by atoms with Crippen LogP contribution in [0.4, 0.5) is 0 Å². The van der Waals surface area contributed by atoms with Gasteiger partial charge >= 0.3 is 0 Å². The monoisotopic (exact) mass is 370 g/mol. The Labute approximate surface area is 158 Å². The number of piperidine rings is 1. The summed E-state index contributed by atoms with van der Waals surface area (Å²) < 4.78 is 1.76. The number of pyridine rings is 1. The van der Waals surface area contributed by atoms with Crippen molar-refractivity contribution in [3.8, 4) is 0 Å². The van der Waals surface area contributed by atoms with Gasteiger partial charge in [-0.1, -0.05) is 0 Å². The van der Waals surface area contributed by atoms with Crippen molar-refractivity contribution in [2.75, 3.05) is 46.3 Å². The van der Waals surface area contributed by atoms with Gasteiger partial charge in [0.1, 0.15) is 6.33 Å². The molecule has 8 heteroatoms. The maximum absolute atomic E-state index is 12.8. The zero-order valence-corrected chi connectivity index (χ0v) is 15.8. The van der Waals surface area contributed by atoms with Crippen molar-refractivity contribution in [2.45, 2.75) is 19.3 Å². The van der Waals surface area contributed by atoms with E-state index in [9.17, 15) is 9.59 Å². The summed E-state index contributed by atoms with van der Waals surface area (Å²) >= 11 is 0. The van der Waals surface area contributed by atoms with Gasteiger partial charge in [-0.2, -0.15) is 0 Å². The van der Waals surface area contributed by atoms with Crippen LogP contribution in [0.15, 0.2) is 24.7 Å². The van der Waals surface area contributed by atoms with Gasteiger partial charge in [-0.15, -0.1) is 10.2 Å². The molecule has 0 aromatic carbocycles. The van der Waals surface area contributed by atoms with Crippen LogP contribution in [0.1, 0.15) is 29.6 Å². The SMILES string of the molecule is CN1CCN(C(=O)CC2CCN(C(=O)c3ccc4nncn4c3)CC2)CC1. The second-order valence-corrected chi connectivity index (χ2v) is 7.64. The second kappa shape index (κ2) is 7.64. The van der Waals surface area contributed by atoms with Crippen LogP contribution < -0.4 is 0 Å². The number of carbonyl (C=O) groups excluding carboxylic acids is 2. The number of carbonyl (C=O) groups is 2. The zero-order chi connectivity index (χ0) is 18.8. The Morgan fingerprint density at radius 1 is 1.04 bits per heavy atom.